The van der Waals surface area contributed by atoms with Crippen LogP contribution in [0.25, 0.3) is 0 Å². The molecular formula is C15H20N2O3. The van der Waals surface area contributed by atoms with Crippen LogP contribution in [0.2, 0.25) is 0 Å². The Morgan fingerprint density at radius 2 is 2.00 bits per heavy atom. The van der Waals surface area contributed by atoms with E-state index >= 15 is 0 Å². The van der Waals surface area contributed by atoms with Gasteiger partial charge in [0.25, 0.3) is 0 Å². The maximum Gasteiger partial charge on any atom is 0.303 e. The first kappa shape index (κ1) is 14.4. The summed E-state index contributed by atoms with van der Waals surface area (Å²) in [7, 11) is 0. The first-order chi connectivity index (χ1) is 9.65. The molecule has 108 valence electrons. The standard InChI is InChI=1S/C15H20N2O3/c18-14(7-4-8-15(19)20)16-12-9-10-17(11-12)13-5-2-1-3-6-13/h1-3,5-6,12H,4,7-11H2,(H,16,18)(H,19,20). The summed E-state index contributed by atoms with van der Waals surface area (Å²) in [4.78, 5) is 24.3. The number of hydrogen-bond acceptors (Lipinski definition) is 3. The fraction of sp³-hybridized carbons (Fsp3) is 0.467. The molecule has 0 bridgehead atoms. The summed E-state index contributed by atoms with van der Waals surface area (Å²) in [6.07, 6.45) is 1.66. The number of rotatable bonds is 6. The molecule has 1 amide bonds. The Balaban J connectivity index is 1.73. The molecule has 1 aliphatic rings. The van der Waals surface area contributed by atoms with E-state index < -0.39 is 5.97 Å². The van der Waals surface area contributed by atoms with E-state index in [2.05, 4.69) is 22.3 Å². The van der Waals surface area contributed by atoms with Crippen LogP contribution in [0.15, 0.2) is 30.3 Å². The highest BCUT2D eigenvalue weighted by Gasteiger charge is 2.23. The van der Waals surface area contributed by atoms with Crippen LogP contribution < -0.4 is 10.2 Å². The van der Waals surface area contributed by atoms with Crippen LogP contribution in [0.5, 0.6) is 0 Å². The Bertz CT molecular complexity index is 461. The van der Waals surface area contributed by atoms with Gasteiger partial charge in [0.1, 0.15) is 0 Å². The zero-order valence-electron chi connectivity index (χ0n) is 11.4. The average molecular weight is 276 g/mol. The Morgan fingerprint density at radius 1 is 1.25 bits per heavy atom. The van der Waals surface area contributed by atoms with Gasteiger partial charge in [0.05, 0.1) is 0 Å². The topological polar surface area (TPSA) is 69.6 Å². The molecule has 0 aliphatic carbocycles. The monoisotopic (exact) mass is 276 g/mol. The largest absolute Gasteiger partial charge is 0.481 e. The fourth-order valence-corrected chi connectivity index (χ4v) is 2.45. The van der Waals surface area contributed by atoms with Crippen LogP contribution in [0.3, 0.4) is 0 Å². The Morgan fingerprint density at radius 3 is 2.70 bits per heavy atom. The third-order valence-corrected chi connectivity index (χ3v) is 3.47. The minimum atomic E-state index is -0.853. The fourth-order valence-electron chi connectivity index (χ4n) is 2.45. The molecular weight excluding hydrogens is 256 g/mol. The van der Waals surface area contributed by atoms with Gasteiger partial charge in [-0.25, -0.2) is 0 Å². The van der Waals surface area contributed by atoms with Crippen LogP contribution in [-0.4, -0.2) is 36.1 Å². The summed E-state index contributed by atoms with van der Waals surface area (Å²) >= 11 is 0. The van der Waals surface area contributed by atoms with E-state index in [1.807, 2.05) is 18.2 Å². The molecule has 5 nitrogen and oxygen atoms in total. The molecule has 0 saturated carbocycles. The quantitative estimate of drug-likeness (QED) is 0.828. The van der Waals surface area contributed by atoms with Crippen molar-refractivity contribution in [3.8, 4) is 0 Å². The normalized spacial score (nSPS) is 18.0. The predicted molar refractivity (Wildman–Crippen MR) is 76.7 cm³/mol. The Kier molecular flexibility index (Phi) is 4.98. The van der Waals surface area contributed by atoms with Gasteiger partial charge in [0, 0.05) is 37.7 Å². The third-order valence-electron chi connectivity index (χ3n) is 3.47. The number of benzene rings is 1. The average Bonchev–Trinajstić information content (AvgIpc) is 2.88. The number of aliphatic carboxylic acids is 1. The van der Waals surface area contributed by atoms with Crippen LogP contribution in [0, 0.1) is 0 Å². The first-order valence-electron chi connectivity index (χ1n) is 6.96. The molecule has 1 heterocycles. The molecule has 2 N–H and O–H groups in total. The number of nitrogens with zero attached hydrogens (tertiary/aromatic N) is 1. The van der Waals surface area contributed by atoms with Gasteiger partial charge in [-0.2, -0.15) is 0 Å². The van der Waals surface area contributed by atoms with Gasteiger partial charge >= 0.3 is 5.97 Å². The Labute approximate surface area is 118 Å². The molecule has 1 saturated heterocycles. The Hall–Kier alpha value is -2.04. The molecule has 0 spiro atoms. The van der Waals surface area contributed by atoms with Gasteiger partial charge in [-0.15, -0.1) is 0 Å². The van der Waals surface area contributed by atoms with E-state index in [0.717, 1.165) is 19.5 Å². The van der Waals surface area contributed by atoms with E-state index in [0.29, 0.717) is 6.42 Å². The number of carbonyl (C=O) groups excluding carboxylic acids is 1. The van der Waals surface area contributed by atoms with E-state index in [4.69, 9.17) is 5.11 Å². The molecule has 1 aromatic rings. The summed E-state index contributed by atoms with van der Waals surface area (Å²) in [5.41, 5.74) is 1.18. The molecule has 1 fully saturated rings. The lowest BCUT2D eigenvalue weighted by Gasteiger charge is -2.18. The summed E-state index contributed by atoms with van der Waals surface area (Å²) in [6.45, 7) is 1.75. The SMILES string of the molecule is O=C(O)CCCC(=O)NC1CCN(c2ccccc2)C1. The van der Waals surface area contributed by atoms with Crippen molar-refractivity contribution in [1.29, 1.82) is 0 Å². The summed E-state index contributed by atoms with van der Waals surface area (Å²) in [5, 5.41) is 11.5. The van der Waals surface area contributed by atoms with Crippen molar-refractivity contribution in [3.63, 3.8) is 0 Å². The van der Waals surface area contributed by atoms with Crippen molar-refractivity contribution >= 4 is 17.6 Å². The van der Waals surface area contributed by atoms with Crippen LogP contribution >= 0.6 is 0 Å². The second-order valence-electron chi connectivity index (χ2n) is 5.08. The maximum atomic E-state index is 11.7. The zero-order valence-corrected chi connectivity index (χ0v) is 11.4. The number of carboxylic acid groups (broad SMARTS) is 1. The van der Waals surface area contributed by atoms with Gasteiger partial charge < -0.3 is 15.3 Å². The number of para-hydroxylation sites is 1. The highest BCUT2D eigenvalue weighted by atomic mass is 16.4. The van der Waals surface area contributed by atoms with Crippen molar-refractivity contribution in [3.05, 3.63) is 30.3 Å². The van der Waals surface area contributed by atoms with Crippen molar-refractivity contribution in [2.45, 2.75) is 31.7 Å². The van der Waals surface area contributed by atoms with Gasteiger partial charge in [0.2, 0.25) is 5.91 Å². The van der Waals surface area contributed by atoms with Crippen LogP contribution in [-0.2, 0) is 9.59 Å². The minimum absolute atomic E-state index is 0.0498. The summed E-state index contributed by atoms with van der Waals surface area (Å²) in [5.74, 6) is -0.903. The minimum Gasteiger partial charge on any atom is -0.481 e. The number of carbonyl (C=O) groups is 2. The lowest BCUT2D eigenvalue weighted by atomic mass is 10.2. The number of amides is 1. The summed E-state index contributed by atoms with van der Waals surface area (Å²) in [6, 6.07) is 10.3. The summed E-state index contributed by atoms with van der Waals surface area (Å²) < 4.78 is 0. The van der Waals surface area contributed by atoms with Crippen LogP contribution in [0.1, 0.15) is 25.7 Å². The smallest absolute Gasteiger partial charge is 0.303 e. The molecule has 5 heteroatoms. The number of hydrogen-bond donors (Lipinski definition) is 2. The molecule has 1 aromatic carbocycles. The van der Waals surface area contributed by atoms with Gasteiger partial charge in [-0.05, 0) is 25.0 Å². The van der Waals surface area contributed by atoms with E-state index in [1.165, 1.54) is 5.69 Å². The molecule has 1 unspecified atom stereocenters. The molecule has 0 aromatic heterocycles. The second kappa shape index (κ2) is 6.93. The lowest BCUT2D eigenvalue weighted by Crippen LogP contribution is -2.37. The number of nitrogens with one attached hydrogen (secondary N) is 1. The highest BCUT2D eigenvalue weighted by Crippen LogP contribution is 2.19. The maximum absolute atomic E-state index is 11.7. The van der Waals surface area contributed by atoms with Crippen molar-refractivity contribution in [2.24, 2.45) is 0 Å². The lowest BCUT2D eigenvalue weighted by molar-refractivity contribution is -0.137. The van der Waals surface area contributed by atoms with Crippen molar-refractivity contribution < 1.29 is 14.7 Å². The molecule has 20 heavy (non-hydrogen) atoms. The van der Waals surface area contributed by atoms with E-state index in [-0.39, 0.29) is 24.8 Å². The number of carboxylic acids is 1. The highest BCUT2D eigenvalue weighted by molar-refractivity contribution is 5.77. The van der Waals surface area contributed by atoms with Crippen LogP contribution in [0.4, 0.5) is 5.69 Å². The van der Waals surface area contributed by atoms with E-state index in [9.17, 15) is 9.59 Å². The van der Waals surface area contributed by atoms with E-state index in [1.54, 1.807) is 0 Å². The predicted octanol–water partition coefficient (Wildman–Crippen LogP) is 1.64. The third kappa shape index (κ3) is 4.26. The van der Waals surface area contributed by atoms with Gasteiger partial charge in [-0.1, -0.05) is 18.2 Å². The van der Waals surface area contributed by atoms with Crippen molar-refractivity contribution in [1.82, 2.24) is 5.32 Å². The molecule has 2 rings (SSSR count). The molecule has 1 aliphatic heterocycles. The van der Waals surface area contributed by atoms with Crippen molar-refractivity contribution in [2.75, 3.05) is 18.0 Å². The van der Waals surface area contributed by atoms with Gasteiger partial charge in [-0.3, -0.25) is 9.59 Å². The molecule has 1 atom stereocenters. The first-order valence-corrected chi connectivity index (χ1v) is 6.96. The van der Waals surface area contributed by atoms with Gasteiger partial charge in [0.15, 0.2) is 0 Å². The second-order valence-corrected chi connectivity index (χ2v) is 5.08. The molecule has 0 radical (unpaired) electrons. The number of anilines is 1. The zero-order chi connectivity index (χ0) is 14.4.